The normalized spacial score (nSPS) is 15.4. The Morgan fingerprint density at radius 1 is 1.16 bits per heavy atom. The maximum Gasteiger partial charge on any atom is 0.290 e. The number of piperidine rings is 1. The van der Waals surface area contributed by atoms with Crippen LogP contribution in [-0.4, -0.2) is 50.0 Å². The summed E-state index contributed by atoms with van der Waals surface area (Å²) in [6.07, 6.45) is 0.929. The first-order chi connectivity index (χ1) is 15.4. The van der Waals surface area contributed by atoms with E-state index in [9.17, 15) is 17.6 Å². The number of nitrogens with zero attached hydrogens (tertiary/aromatic N) is 2. The van der Waals surface area contributed by atoms with Crippen molar-refractivity contribution in [3.63, 3.8) is 0 Å². The SMILES string of the molecule is COc1ccc(S(=O)(=O)N2CCC(NC(=O)c3cc(-c4cccc(F)c4)no3)CC2)cc1. The molecule has 2 heterocycles. The van der Waals surface area contributed by atoms with Gasteiger partial charge in [0.2, 0.25) is 15.8 Å². The van der Waals surface area contributed by atoms with E-state index in [1.165, 1.54) is 41.7 Å². The molecule has 0 radical (unpaired) electrons. The first-order valence-corrected chi connectivity index (χ1v) is 11.5. The van der Waals surface area contributed by atoms with Crippen molar-refractivity contribution in [3.8, 4) is 17.0 Å². The molecule has 1 aliphatic heterocycles. The highest BCUT2D eigenvalue weighted by molar-refractivity contribution is 7.89. The third-order valence-corrected chi connectivity index (χ3v) is 7.25. The molecule has 168 valence electrons. The van der Waals surface area contributed by atoms with Crippen molar-refractivity contribution in [3.05, 3.63) is 66.2 Å². The van der Waals surface area contributed by atoms with Crippen LogP contribution >= 0.6 is 0 Å². The Morgan fingerprint density at radius 2 is 1.88 bits per heavy atom. The molecule has 8 nitrogen and oxygen atoms in total. The first-order valence-electron chi connectivity index (χ1n) is 10.0. The number of methoxy groups -OCH3 is 1. The van der Waals surface area contributed by atoms with E-state index in [0.717, 1.165) is 0 Å². The fourth-order valence-electron chi connectivity index (χ4n) is 3.56. The Kier molecular flexibility index (Phi) is 6.24. The predicted molar refractivity (Wildman–Crippen MR) is 114 cm³/mol. The Morgan fingerprint density at radius 3 is 2.53 bits per heavy atom. The number of carbonyl (C=O) groups excluding carboxylic acids is 1. The van der Waals surface area contributed by atoms with E-state index in [1.807, 2.05) is 0 Å². The van der Waals surface area contributed by atoms with E-state index in [0.29, 0.717) is 29.8 Å². The Labute approximate surface area is 185 Å². The van der Waals surface area contributed by atoms with Gasteiger partial charge in [0.15, 0.2) is 0 Å². The van der Waals surface area contributed by atoms with Crippen molar-refractivity contribution in [1.29, 1.82) is 0 Å². The average molecular weight is 459 g/mol. The van der Waals surface area contributed by atoms with Crippen molar-refractivity contribution in [1.82, 2.24) is 14.8 Å². The van der Waals surface area contributed by atoms with Crippen LogP contribution in [0.3, 0.4) is 0 Å². The summed E-state index contributed by atoms with van der Waals surface area (Å²) in [5, 5.41) is 6.69. The molecule has 1 N–H and O–H groups in total. The number of amides is 1. The maximum absolute atomic E-state index is 13.4. The predicted octanol–water partition coefficient (Wildman–Crippen LogP) is 3.07. The van der Waals surface area contributed by atoms with Crippen molar-refractivity contribution < 1.29 is 26.9 Å². The van der Waals surface area contributed by atoms with E-state index in [2.05, 4.69) is 10.5 Å². The second kappa shape index (κ2) is 9.09. The second-order valence-electron chi connectivity index (χ2n) is 7.41. The van der Waals surface area contributed by atoms with E-state index >= 15 is 0 Å². The number of halogens is 1. The topological polar surface area (TPSA) is 102 Å². The zero-order valence-electron chi connectivity index (χ0n) is 17.3. The molecule has 0 bridgehead atoms. The molecule has 0 saturated carbocycles. The molecule has 10 heteroatoms. The standard InChI is InChI=1S/C22H22FN3O5S/c1-30-18-5-7-19(8-6-18)32(28,29)26-11-9-17(10-12-26)24-22(27)21-14-20(25-31-21)15-3-2-4-16(23)13-15/h2-8,13-14,17H,9-12H2,1H3,(H,24,27). The van der Waals surface area contributed by atoms with Gasteiger partial charge >= 0.3 is 0 Å². The Bertz CT molecular complexity index is 1200. The van der Waals surface area contributed by atoms with Crippen LogP contribution in [0.15, 0.2) is 64.0 Å². The van der Waals surface area contributed by atoms with Gasteiger partial charge in [-0.15, -0.1) is 0 Å². The number of aromatic nitrogens is 1. The minimum Gasteiger partial charge on any atom is -0.497 e. The molecule has 1 fully saturated rings. The minimum absolute atomic E-state index is 0.0116. The van der Waals surface area contributed by atoms with Crippen molar-refractivity contribution in [2.24, 2.45) is 0 Å². The van der Waals surface area contributed by atoms with Crippen LogP contribution in [0.2, 0.25) is 0 Å². The molecule has 0 unspecified atom stereocenters. The lowest BCUT2D eigenvalue weighted by Crippen LogP contribution is -2.46. The van der Waals surface area contributed by atoms with Gasteiger partial charge in [-0.05, 0) is 49.2 Å². The van der Waals surface area contributed by atoms with Gasteiger partial charge in [0.1, 0.15) is 17.3 Å². The van der Waals surface area contributed by atoms with Gasteiger partial charge in [0.25, 0.3) is 5.91 Å². The number of nitrogens with one attached hydrogen (secondary N) is 1. The molecule has 0 spiro atoms. The molecular formula is C22H22FN3O5S. The molecule has 4 rings (SSSR count). The summed E-state index contributed by atoms with van der Waals surface area (Å²) < 4.78 is 50.7. The first kappa shape index (κ1) is 22.0. The van der Waals surface area contributed by atoms with Crippen LogP contribution in [0.5, 0.6) is 5.75 Å². The Hall–Kier alpha value is -3.24. The van der Waals surface area contributed by atoms with Crippen LogP contribution in [-0.2, 0) is 10.0 Å². The molecule has 1 aliphatic rings. The smallest absolute Gasteiger partial charge is 0.290 e. The summed E-state index contributed by atoms with van der Waals surface area (Å²) in [4.78, 5) is 12.7. The number of sulfonamides is 1. The molecule has 0 atom stereocenters. The molecule has 0 aliphatic carbocycles. The van der Waals surface area contributed by atoms with Crippen LogP contribution in [0.25, 0.3) is 11.3 Å². The highest BCUT2D eigenvalue weighted by atomic mass is 32.2. The summed E-state index contributed by atoms with van der Waals surface area (Å²) in [7, 11) is -2.10. The zero-order chi connectivity index (χ0) is 22.7. The number of carbonyl (C=O) groups is 1. The lowest BCUT2D eigenvalue weighted by atomic mass is 10.1. The Balaban J connectivity index is 1.35. The number of rotatable bonds is 6. The van der Waals surface area contributed by atoms with E-state index in [1.54, 1.807) is 24.3 Å². The summed E-state index contributed by atoms with van der Waals surface area (Å²) in [5.41, 5.74) is 0.861. The van der Waals surface area contributed by atoms with Crippen LogP contribution < -0.4 is 10.1 Å². The van der Waals surface area contributed by atoms with E-state index in [4.69, 9.17) is 9.26 Å². The van der Waals surface area contributed by atoms with Gasteiger partial charge in [0.05, 0.1) is 12.0 Å². The maximum atomic E-state index is 13.4. The van der Waals surface area contributed by atoms with Gasteiger partial charge in [-0.2, -0.15) is 4.31 Å². The van der Waals surface area contributed by atoms with Crippen molar-refractivity contribution in [2.75, 3.05) is 20.2 Å². The summed E-state index contributed by atoms with van der Waals surface area (Å²) in [6.45, 7) is 0.564. The lowest BCUT2D eigenvalue weighted by molar-refractivity contribution is 0.0886. The number of ether oxygens (including phenoxy) is 1. The fraction of sp³-hybridized carbons (Fsp3) is 0.273. The third-order valence-electron chi connectivity index (χ3n) is 5.34. The minimum atomic E-state index is -3.62. The van der Waals surface area contributed by atoms with Gasteiger partial charge in [-0.1, -0.05) is 17.3 Å². The largest absolute Gasteiger partial charge is 0.497 e. The van der Waals surface area contributed by atoms with Gasteiger partial charge < -0.3 is 14.6 Å². The summed E-state index contributed by atoms with van der Waals surface area (Å²) in [6, 6.07) is 13.3. The molecular weight excluding hydrogens is 437 g/mol. The summed E-state index contributed by atoms with van der Waals surface area (Å²) in [5.74, 6) is -0.264. The van der Waals surface area contributed by atoms with Crippen molar-refractivity contribution in [2.45, 2.75) is 23.8 Å². The van der Waals surface area contributed by atoms with Crippen molar-refractivity contribution >= 4 is 15.9 Å². The molecule has 1 saturated heterocycles. The van der Waals surface area contributed by atoms with E-state index < -0.39 is 21.7 Å². The zero-order valence-corrected chi connectivity index (χ0v) is 18.1. The van der Waals surface area contributed by atoms with Gasteiger partial charge in [0, 0.05) is 30.8 Å². The fourth-order valence-corrected chi connectivity index (χ4v) is 5.03. The van der Waals surface area contributed by atoms with E-state index in [-0.39, 0.29) is 29.8 Å². The number of hydrogen-bond donors (Lipinski definition) is 1. The van der Waals surface area contributed by atoms with Crippen LogP contribution in [0, 0.1) is 5.82 Å². The molecule has 2 aromatic carbocycles. The monoisotopic (exact) mass is 459 g/mol. The second-order valence-corrected chi connectivity index (χ2v) is 9.35. The third kappa shape index (κ3) is 4.66. The number of hydrogen-bond acceptors (Lipinski definition) is 6. The van der Waals surface area contributed by atoms with Crippen LogP contribution in [0.1, 0.15) is 23.4 Å². The average Bonchev–Trinajstić information content (AvgIpc) is 3.30. The van der Waals surface area contributed by atoms with Gasteiger partial charge in [-0.3, -0.25) is 4.79 Å². The molecule has 32 heavy (non-hydrogen) atoms. The number of benzene rings is 2. The highest BCUT2D eigenvalue weighted by Gasteiger charge is 2.30. The molecule has 1 aromatic heterocycles. The van der Waals surface area contributed by atoms with Crippen LogP contribution in [0.4, 0.5) is 4.39 Å². The highest BCUT2D eigenvalue weighted by Crippen LogP contribution is 2.24. The molecule has 3 aromatic rings. The lowest BCUT2D eigenvalue weighted by Gasteiger charge is -2.31. The van der Waals surface area contributed by atoms with Gasteiger partial charge in [-0.25, -0.2) is 12.8 Å². The quantitative estimate of drug-likeness (QED) is 0.608. The molecule has 1 amide bonds. The summed E-state index contributed by atoms with van der Waals surface area (Å²) >= 11 is 0.